The molecule has 0 N–H and O–H groups in total. The summed E-state index contributed by atoms with van der Waals surface area (Å²) in [5.41, 5.74) is 0. The van der Waals surface area contributed by atoms with Crippen molar-refractivity contribution < 1.29 is 40.8 Å². The van der Waals surface area contributed by atoms with E-state index in [2.05, 4.69) is 9.26 Å². The summed E-state index contributed by atoms with van der Waals surface area (Å²) in [6.45, 7) is 3.66. The lowest BCUT2D eigenvalue weighted by Crippen LogP contribution is -2.39. The first kappa shape index (κ1) is 23.4. The summed E-state index contributed by atoms with van der Waals surface area (Å²) < 4.78 is 69.5. The molecule has 0 saturated heterocycles. The number of carbonyl (C=O) groups is 1. The lowest BCUT2D eigenvalue weighted by molar-refractivity contribution is -0.213. The Balaban J connectivity index is 4.98. The van der Waals surface area contributed by atoms with Crippen molar-refractivity contribution in [3.8, 4) is 0 Å². The van der Waals surface area contributed by atoms with Gasteiger partial charge in [-0.1, -0.05) is 39.5 Å². The number of phosphoric ester groups is 1. The minimum absolute atomic E-state index is 0.0926. The molecule has 0 rings (SSSR count). The summed E-state index contributed by atoms with van der Waals surface area (Å²) in [6.07, 6.45) is -3.97. The second-order valence-corrected chi connectivity index (χ2v) is 6.70. The maximum atomic E-state index is 12.9. The molecule has 0 aliphatic rings. The SMILES string of the molecule is CCCCCOP(=O)(OCCCCC)O[C@@H](C(=O)OC)C(F)(F)F. The molecule has 0 aliphatic carbocycles. The molecular weight excluding hydrogens is 352 g/mol. The monoisotopic (exact) mass is 378 g/mol. The van der Waals surface area contributed by atoms with E-state index < -0.39 is 26.1 Å². The van der Waals surface area contributed by atoms with E-state index in [0.717, 1.165) is 32.8 Å². The molecule has 0 bridgehead atoms. The van der Waals surface area contributed by atoms with Crippen LogP contribution in [-0.2, 0) is 27.7 Å². The van der Waals surface area contributed by atoms with Crippen LogP contribution >= 0.6 is 7.82 Å². The van der Waals surface area contributed by atoms with Gasteiger partial charge in [-0.3, -0.25) is 13.6 Å². The molecule has 0 aromatic rings. The highest BCUT2D eigenvalue weighted by molar-refractivity contribution is 7.48. The van der Waals surface area contributed by atoms with Gasteiger partial charge in [-0.25, -0.2) is 9.36 Å². The zero-order valence-corrected chi connectivity index (χ0v) is 15.2. The number of ether oxygens (including phenoxy) is 1. The van der Waals surface area contributed by atoms with Gasteiger partial charge in [0.1, 0.15) is 0 Å². The van der Waals surface area contributed by atoms with Gasteiger partial charge in [-0.05, 0) is 12.8 Å². The lowest BCUT2D eigenvalue weighted by Gasteiger charge is -2.24. The normalized spacial score (nSPS) is 13.8. The van der Waals surface area contributed by atoms with Crippen LogP contribution in [0.5, 0.6) is 0 Å². The van der Waals surface area contributed by atoms with Crippen LogP contribution in [0.15, 0.2) is 0 Å². The van der Waals surface area contributed by atoms with Gasteiger partial charge in [0.15, 0.2) is 0 Å². The highest BCUT2D eigenvalue weighted by Gasteiger charge is 2.51. The third-order valence-electron chi connectivity index (χ3n) is 2.94. The van der Waals surface area contributed by atoms with Crippen molar-refractivity contribution in [1.29, 1.82) is 0 Å². The van der Waals surface area contributed by atoms with E-state index in [1.54, 1.807) is 0 Å². The molecule has 0 amide bonds. The maximum Gasteiger partial charge on any atom is 0.475 e. The minimum atomic E-state index is -5.09. The largest absolute Gasteiger partial charge is 0.475 e. The zero-order valence-electron chi connectivity index (χ0n) is 14.3. The summed E-state index contributed by atoms with van der Waals surface area (Å²) in [4.78, 5) is 11.3. The summed E-state index contributed by atoms with van der Waals surface area (Å²) in [6, 6.07) is 0. The minimum Gasteiger partial charge on any atom is -0.467 e. The first-order valence-corrected chi connectivity index (χ1v) is 9.38. The molecule has 1 atom stereocenters. The number of carbonyl (C=O) groups excluding carboxylic acids is 1. The molecule has 0 unspecified atom stereocenters. The van der Waals surface area contributed by atoms with Gasteiger partial charge in [0, 0.05) is 0 Å². The molecular formula is C14H26F3O6P. The smallest absolute Gasteiger partial charge is 0.467 e. The van der Waals surface area contributed by atoms with Crippen molar-refractivity contribution >= 4 is 13.8 Å². The highest BCUT2D eigenvalue weighted by atomic mass is 31.2. The van der Waals surface area contributed by atoms with Crippen LogP contribution < -0.4 is 0 Å². The Bertz CT molecular complexity index is 386. The van der Waals surface area contributed by atoms with Gasteiger partial charge < -0.3 is 4.74 Å². The highest BCUT2D eigenvalue weighted by Crippen LogP contribution is 2.52. The zero-order chi connectivity index (χ0) is 18.6. The fourth-order valence-electron chi connectivity index (χ4n) is 1.63. The summed E-state index contributed by atoms with van der Waals surface area (Å²) >= 11 is 0. The van der Waals surface area contributed by atoms with Crippen molar-refractivity contribution in [2.24, 2.45) is 0 Å². The molecule has 0 aliphatic heterocycles. The molecule has 0 heterocycles. The van der Waals surface area contributed by atoms with E-state index in [4.69, 9.17) is 9.05 Å². The first-order valence-electron chi connectivity index (χ1n) is 7.92. The quantitative estimate of drug-likeness (QED) is 0.264. The van der Waals surface area contributed by atoms with E-state index in [-0.39, 0.29) is 13.2 Å². The van der Waals surface area contributed by atoms with Crippen molar-refractivity contribution in [1.82, 2.24) is 0 Å². The second-order valence-electron chi connectivity index (χ2n) is 5.08. The standard InChI is InChI=1S/C14H26F3O6P/c1-4-6-8-10-21-24(19,22-11-9-7-5-2)23-12(13(18)20-3)14(15,16)17/h12H,4-11H2,1-3H3/t12-/m0/s1. The lowest BCUT2D eigenvalue weighted by atomic mass is 10.3. The van der Waals surface area contributed by atoms with E-state index in [0.29, 0.717) is 12.8 Å². The van der Waals surface area contributed by atoms with Crippen LogP contribution in [0.1, 0.15) is 52.4 Å². The number of hydrogen-bond donors (Lipinski definition) is 0. The third kappa shape index (κ3) is 9.61. The van der Waals surface area contributed by atoms with Gasteiger partial charge in [-0.15, -0.1) is 0 Å². The van der Waals surface area contributed by atoms with E-state index in [1.165, 1.54) is 0 Å². The fraction of sp³-hybridized carbons (Fsp3) is 0.929. The van der Waals surface area contributed by atoms with Gasteiger partial charge in [-0.2, -0.15) is 13.2 Å². The number of methoxy groups -OCH3 is 1. The molecule has 0 radical (unpaired) electrons. The number of rotatable bonds is 13. The molecule has 10 heteroatoms. The Labute approximate surface area is 140 Å². The van der Waals surface area contributed by atoms with Crippen LogP contribution in [-0.4, -0.2) is 38.6 Å². The maximum absolute atomic E-state index is 12.9. The molecule has 144 valence electrons. The molecule has 0 spiro atoms. The van der Waals surface area contributed by atoms with Gasteiger partial charge >= 0.3 is 20.0 Å². The molecule has 0 aromatic heterocycles. The first-order chi connectivity index (χ1) is 11.2. The Morgan fingerprint density at radius 2 is 1.46 bits per heavy atom. The van der Waals surface area contributed by atoms with E-state index >= 15 is 0 Å². The Hall–Kier alpha value is -0.630. The van der Waals surface area contributed by atoms with Crippen molar-refractivity contribution in [3.63, 3.8) is 0 Å². The van der Waals surface area contributed by atoms with Crippen molar-refractivity contribution in [2.45, 2.75) is 64.7 Å². The van der Waals surface area contributed by atoms with Crippen LogP contribution in [0.3, 0.4) is 0 Å². The number of phosphoric acid groups is 1. The number of esters is 1. The Morgan fingerprint density at radius 1 is 1.00 bits per heavy atom. The predicted molar refractivity (Wildman–Crippen MR) is 81.5 cm³/mol. The van der Waals surface area contributed by atoms with Gasteiger partial charge in [0.05, 0.1) is 20.3 Å². The van der Waals surface area contributed by atoms with Crippen LogP contribution in [0, 0.1) is 0 Å². The van der Waals surface area contributed by atoms with Crippen LogP contribution in [0.4, 0.5) is 13.2 Å². The Kier molecular flexibility index (Phi) is 11.5. The van der Waals surface area contributed by atoms with Gasteiger partial charge in [0.25, 0.3) is 6.10 Å². The van der Waals surface area contributed by atoms with E-state index in [9.17, 15) is 22.5 Å². The van der Waals surface area contributed by atoms with Gasteiger partial charge in [0.2, 0.25) is 0 Å². The number of alkyl halides is 3. The number of unbranched alkanes of at least 4 members (excludes halogenated alkanes) is 4. The van der Waals surface area contributed by atoms with Crippen LogP contribution in [0.2, 0.25) is 0 Å². The Morgan fingerprint density at radius 3 is 1.79 bits per heavy atom. The molecule has 0 fully saturated rings. The van der Waals surface area contributed by atoms with E-state index in [1.807, 2.05) is 13.8 Å². The fourth-order valence-corrected chi connectivity index (χ4v) is 2.99. The summed E-state index contributed by atoms with van der Waals surface area (Å²) in [5, 5.41) is 0. The molecule has 6 nitrogen and oxygen atoms in total. The van der Waals surface area contributed by atoms with Crippen molar-refractivity contribution in [2.75, 3.05) is 20.3 Å². The molecule has 24 heavy (non-hydrogen) atoms. The van der Waals surface area contributed by atoms with Crippen molar-refractivity contribution in [3.05, 3.63) is 0 Å². The van der Waals surface area contributed by atoms with Crippen LogP contribution in [0.25, 0.3) is 0 Å². The number of hydrogen-bond acceptors (Lipinski definition) is 6. The predicted octanol–water partition coefficient (Wildman–Crippen LogP) is 4.63. The second kappa shape index (κ2) is 11.8. The summed E-state index contributed by atoms with van der Waals surface area (Å²) in [7, 11) is -3.76. The topological polar surface area (TPSA) is 71.1 Å². The third-order valence-corrected chi connectivity index (χ3v) is 4.41. The average Bonchev–Trinajstić information content (AvgIpc) is 2.52. The molecule has 0 saturated carbocycles. The molecule has 0 aromatic carbocycles. The summed E-state index contributed by atoms with van der Waals surface area (Å²) in [5.74, 6) is -1.71. The number of halogens is 3. The average molecular weight is 378 g/mol.